The minimum Gasteiger partial charge on any atom is -0.365 e. The number of nitrogens with zero attached hydrogens (tertiary/aromatic N) is 1. The maximum absolute atomic E-state index is 4.77. The zero-order valence-electron chi connectivity index (χ0n) is 10.7. The molecule has 3 rings (SSSR count). The van der Waals surface area contributed by atoms with Crippen molar-refractivity contribution in [1.29, 1.82) is 0 Å². The lowest BCUT2D eigenvalue weighted by molar-refractivity contribution is 0.358. The molecule has 0 aromatic rings. The third kappa shape index (κ3) is 3.18. The standard InChI is InChI=1S/C14H24N2S/c1-2-8-14(7-1)10-16-13(17-11-14)15-9-3-4-12-5-6-12/h12H,1-11H2,(H,15,16). The quantitative estimate of drug-likeness (QED) is 0.775. The van der Waals surface area contributed by atoms with Gasteiger partial charge in [-0.15, -0.1) is 0 Å². The molecule has 0 bridgehead atoms. The van der Waals surface area contributed by atoms with Crippen LogP contribution in [0.25, 0.3) is 0 Å². The summed E-state index contributed by atoms with van der Waals surface area (Å²) in [5.74, 6) is 2.38. The lowest BCUT2D eigenvalue weighted by atomic mass is 9.89. The molecule has 17 heavy (non-hydrogen) atoms. The van der Waals surface area contributed by atoms with E-state index in [0.29, 0.717) is 5.41 Å². The first-order valence-corrected chi connectivity index (χ1v) is 8.26. The molecule has 1 N–H and O–H groups in total. The van der Waals surface area contributed by atoms with Crippen molar-refractivity contribution in [3.63, 3.8) is 0 Å². The fourth-order valence-corrected chi connectivity index (χ4v) is 4.26. The predicted molar refractivity (Wildman–Crippen MR) is 75.6 cm³/mol. The summed E-state index contributed by atoms with van der Waals surface area (Å²) >= 11 is 1.97. The van der Waals surface area contributed by atoms with Gasteiger partial charge in [0.15, 0.2) is 5.17 Å². The van der Waals surface area contributed by atoms with Crippen LogP contribution >= 0.6 is 11.8 Å². The summed E-state index contributed by atoms with van der Waals surface area (Å²) in [5, 5.41) is 4.74. The van der Waals surface area contributed by atoms with Crippen LogP contribution in [0.4, 0.5) is 0 Å². The van der Waals surface area contributed by atoms with Crippen molar-refractivity contribution in [3.05, 3.63) is 0 Å². The van der Waals surface area contributed by atoms with Gasteiger partial charge in [0.25, 0.3) is 0 Å². The van der Waals surface area contributed by atoms with Gasteiger partial charge in [-0.25, -0.2) is 0 Å². The van der Waals surface area contributed by atoms with Gasteiger partial charge < -0.3 is 5.32 Å². The Labute approximate surface area is 109 Å². The molecule has 1 heterocycles. The molecule has 1 spiro atoms. The maximum Gasteiger partial charge on any atom is 0.156 e. The van der Waals surface area contributed by atoms with E-state index in [1.54, 1.807) is 0 Å². The van der Waals surface area contributed by atoms with Crippen LogP contribution in [0, 0.1) is 11.3 Å². The van der Waals surface area contributed by atoms with Gasteiger partial charge in [0, 0.05) is 18.8 Å². The topological polar surface area (TPSA) is 24.4 Å². The molecule has 0 amide bonds. The largest absolute Gasteiger partial charge is 0.365 e. The lowest BCUT2D eigenvalue weighted by Gasteiger charge is -2.31. The number of aliphatic imine (C=N–C) groups is 1. The van der Waals surface area contributed by atoms with Crippen molar-refractivity contribution in [2.45, 2.75) is 51.4 Å². The molecule has 0 aromatic carbocycles. The van der Waals surface area contributed by atoms with E-state index in [4.69, 9.17) is 4.99 Å². The monoisotopic (exact) mass is 252 g/mol. The molecule has 3 heteroatoms. The van der Waals surface area contributed by atoms with E-state index in [1.165, 1.54) is 62.3 Å². The summed E-state index contributed by atoms with van der Waals surface area (Å²) in [4.78, 5) is 4.77. The second-order valence-corrected chi connectivity index (χ2v) is 7.09. The van der Waals surface area contributed by atoms with Crippen molar-refractivity contribution in [1.82, 2.24) is 5.32 Å². The second-order valence-electron chi connectivity index (χ2n) is 6.13. The number of hydrogen-bond acceptors (Lipinski definition) is 3. The lowest BCUT2D eigenvalue weighted by Crippen LogP contribution is -2.33. The molecular weight excluding hydrogens is 228 g/mol. The van der Waals surface area contributed by atoms with Crippen LogP contribution in [0.15, 0.2) is 4.99 Å². The number of rotatable bonds is 4. The molecule has 3 aliphatic rings. The third-order valence-corrected chi connectivity index (χ3v) is 5.80. The van der Waals surface area contributed by atoms with Crippen molar-refractivity contribution in [3.8, 4) is 0 Å². The SMILES string of the molecule is C(CNC1=NCC2(CCCC2)CS1)CC1CC1. The Kier molecular flexibility index (Phi) is 3.64. The van der Waals surface area contributed by atoms with Crippen LogP contribution in [0.5, 0.6) is 0 Å². The van der Waals surface area contributed by atoms with Crippen LogP contribution in [-0.2, 0) is 0 Å². The molecular formula is C14H24N2S. The first-order valence-electron chi connectivity index (χ1n) is 7.28. The minimum atomic E-state index is 0.587. The summed E-state index contributed by atoms with van der Waals surface area (Å²) in [6, 6.07) is 0. The molecule has 2 aliphatic carbocycles. The number of amidine groups is 1. The van der Waals surface area contributed by atoms with Crippen LogP contribution in [0.1, 0.15) is 51.4 Å². The summed E-state index contributed by atoms with van der Waals surface area (Å²) in [7, 11) is 0. The molecule has 0 atom stereocenters. The van der Waals surface area contributed by atoms with Gasteiger partial charge in [-0.3, -0.25) is 4.99 Å². The van der Waals surface area contributed by atoms with Crippen LogP contribution in [0.3, 0.4) is 0 Å². The van der Waals surface area contributed by atoms with Gasteiger partial charge in [-0.1, -0.05) is 37.4 Å². The van der Waals surface area contributed by atoms with Crippen molar-refractivity contribution >= 4 is 16.9 Å². The molecule has 1 aliphatic heterocycles. The molecule has 0 aromatic heterocycles. The van der Waals surface area contributed by atoms with Crippen LogP contribution in [-0.4, -0.2) is 24.0 Å². The summed E-state index contributed by atoms with van der Waals surface area (Å²) < 4.78 is 0. The van der Waals surface area contributed by atoms with Crippen molar-refractivity contribution in [2.75, 3.05) is 18.8 Å². The highest BCUT2D eigenvalue weighted by Crippen LogP contribution is 2.43. The number of thioether (sulfide) groups is 1. The molecule has 96 valence electrons. The molecule has 0 radical (unpaired) electrons. The molecule has 2 saturated carbocycles. The zero-order chi connectivity index (χ0) is 11.6. The first kappa shape index (κ1) is 11.9. The maximum atomic E-state index is 4.77. The Morgan fingerprint density at radius 2 is 2.12 bits per heavy atom. The highest BCUT2D eigenvalue weighted by Gasteiger charge is 2.36. The average molecular weight is 252 g/mol. The van der Waals surface area contributed by atoms with E-state index in [2.05, 4.69) is 5.32 Å². The smallest absolute Gasteiger partial charge is 0.156 e. The highest BCUT2D eigenvalue weighted by atomic mass is 32.2. The first-order chi connectivity index (χ1) is 8.36. The van der Waals surface area contributed by atoms with Crippen LogP contribution < -0.4 is 5.32 Å². The van der Waals surface area contributed by atoms with Gasteiger partial charge in [0.1, 0.15) is 0 Å². The zero-order valence-corrected chi connectivity index (χ0v) is 11.5. The van der Waals surface area contributed by atoms with Gasteiger partial charge in [0.05, 0.1) is 0 Å². The molecule has 0 saturated heterocycles. The third-order valence-electron chi connectivity index (χ3n) is 4.50. The van der Waals surface area contributed by atoms with E-state index < -0.39 is 0 Å². The fraction of sp³-hybridized carbons (Fsp3) is 0.929. The fourth-order valence-electron chi connectivity index (χ4n) is 3.08. The van der Waals surface area contributed by atoms with Gasteiger partial charge in [-0.05, 0) is 37.0 Å². The highest BCUT2D eigenvalue weighted by molar-refractivity contribution is 8.13. The second kappa shape index (κ2) is 5.21. The summed E-state index contributed by atoms with van der Waals surface area (Å²) in [6.45, 7) is 2.22. The normalized spacial score (nSPS) is 27.2. The van der Waals surface area contributed by atoms with Gasteiger partial charge >= 0.3 is 0 Å². The Balaban J connectivity index is 1.37. The molecule has 2 fully saturated rings. The van der Waals surface area contributed by atoms with E-state index in [-0.39, 0.29) is 0 Å². The van der Waals surface area contributed by atoms with Crippen molar-refractivity contribution < 1.29 is 0 Å². The summed E-state index contributed by atoms with van der Waals surface area (Å²) in [5.41, 5.74) is 0.587. The van der Waals surface area contributed by atoms with E-state index in [1.807, 2.05) is 11.8 Å². The van der Waals surface area contributed by atoms with E-state index >= 15 is 0 Å². The predicted octanol–water partition coefficient (Wildman–Crippen LogP) is 3.43. The minimum absolute atomic E-state index is 0.587. The Bertz CT molecular complexity index is 291. The Hall–Kier alpha value is -0.180. The van der Waals surface area contributed by atoms with E-state index in [0.717, 1.165) is 19.0 Å². The van der Waals surface area contributed by atoms with Crippen LogP contribution in [0.2, 0.25) is 0 Å². The Morgan fingerprint density at radius 3 is 2.76 bits per heavy atom. The Morgan fingerprint density at radius 1 is 1.29 bits per heavy atom. The summed E-state index contributed by atoms with van der Waals surface area (Å²) in [6.07, 6.45) is 11.4. The molecule has 0 unspecified atom stereocenters. The number of nitrogens with one attached hydrogen (secondary N) is 1. The molecule has 2 nitrogen and oxygen atoms in total. The average Bonchev–Trinajstić information content (AvgIpc) is 3.08. The van der Waals surface area contributed by atoms with E-state index in [9.17, 15) is 0 Å². The van der Waals surface area contributed by atoms with Crippen molar-refractivity contribution in [2.24, 2.45) is 16.3 Å². The van der Waals surface area contributed by atoms with Gasteiger partial charge in [-0.2, -0.15) is 0 Å². The number of hydrogen-bond donors (Lipinski definition) is 1. The van der Waals surface area contributed by atoms with Gasteiger partial charge in [0.2, 0.25) is 0 Å².